The number of hydrogen-bond donors (Lipinski definition) is 2. The highest BCUT2D eigenvalue weighted by Crippen LogP contribution is 1.80. The monoisotopic (exact) mass is 183 g/mol. The van der Waals surface area contributed by atoms with Crippen molar-refractivity contribution in [2.45, 2.75) is 0 Å². The number of hydrogen-bond acceptors (Lipinski definition) is 3. The number of amides is 1. The van der Waals surface area contributed by atoms with Crippen molar-refractivity contribution in [3.05, 3.63) is 0 Å². The standard InChI is InChI=1S/C5H10ClNO2S/c6-1-3-9-5(8)7-2-4-10/h10H,1-4H2,(H,7,8). The molecule has 0 aliphatic carbocycles. The minimum absolute atomic E-state index is 0.250. The Kier molecular flexibility index (Phi) is 6.96. The summed E-state index contributed by atoms with van der Waals surface area (Å²) in [4.78, 5) is 10.5. The van der Waals surface area contributed by atoms with Crippen molar-refractivity contribution in [3.63, 3.8) is 0 Å². The van der Waals surface area contributed by atoms with E-state index in [0.29, 0.717) is 18.2 Å². The predicted molar refractivity (Wildman–Crippen MR) is 43.9 cm³/mol. The van der Waals surface area contributed by atoms with Gasteiger partial charge in [-0.05, 0) is 0 Å². The molecule has 0 fully saturated rings. The second-order valence-electron chi connectivity index (χ2n) is 1.48. The Hall–Kier alpha value is -0.0900. The van der Waals surface area contributed by atoms with Crippen molar-refractivity contribution in [1.29, 1.82) is 0 Å². The molecule has 3 nitrogen and oxygen atoms in total. The minimum Gasteiger partial charge on any atom is -0.448 e. The Bertz CT molecular complexity index is 91.6. The van der Waals surface area contributed by atoms with E-state index in [4.69, 9.17) is 11.6 Å². The molecule has 0 saturated heterocycles. The summed E-state index contributed by atoms with van der Waals surface area (Å²) in [7, 11) is 0. The Labute approximate surface area is 70.5 Å². The lowest BCUT2D eigenvalue weighted by molar-refractivity contribution is 0.153. The smallest absolute Gasteiger partial charge is 0.407 e. The third-order valence-electron chi connectivity index (χ3n) is 0.691. The zero-order chi connectivity index (χ0) is 7.82. The molecule has 0 spiro atoms. The van der Waals surface area contributed by atoms with E-state index in [1.165, 1.54) is 0 Å². The predicted octanol–water partition coefficient (Wildman–Crippen LogP) is 0.881. The Balaban J connectivity index is 3.09. The van der Waals surface area contributed by atoms with E-state index in [1.54, 1.807) is 0 Å². The topological polar surface area (TPSA) is 38.3 Å². The molecule has 1 N–H and O–H groups in total. The molecule has 0 rings (SSSR count). The van der Waals surface area contributed by atoms with Crippen LogP contribution in [0.25, 0.3) is 0 Å². The van der Waals surface area contributed by atoms with Gasteiger partial charge in [-0.15, -0.1) is 11.6 Å². The van der Waals surface area contributed by atoms with Crippen LogP contribution in [0.15, 0.2) is 0 Å². The van der Waals surface area contributed by atoms with Crippen molar-refractivity contribution in [1.82, 2.24) is 5.32 Å². The van der Waals surface area contributed by atoms with Gasteiger partial charge in [0.05, 0.1) is 5.88 Å². The quantitative estimate of drug-likeness (QED) is 0.502. The van der Waals surface area contributed by atoms with Crippen LogP contribution in [-0.2, 0) is 4.74 Å². The van der Waals surface area contributed by atoms with E-state index >= 15 is 0 Å². The molecule has 0 bridgehead atoms. The molecule has 0 aliphatic rings. The average Bonchev–Trinajstić information content (AvgIpc) is 1.97. The fourth-order valence-corrected chi connectivity index (χ4v) is 0.529. The highest BCUT2D eigenvalue weighted by Gasteiger charge is 1.96. The van der Waals surface area contributed by atoms with Crippen LogP contribution in [0.1, 0.15) is 0 Å². The van der Waals surface area contributed by atoms with Crippen molar-refractivity contribution >= 4 is 30.3 Å². The second-order valence-corrected chi connectivity index (χ2v) is 2.30. The number of halogens is 1. The molecule has 1 amide bonds. The first kappa shape index (κ1) is 9.91. The number of thiol groups is 1. The fourth-order valence-electron chi connectivity index (χ4n) is 0.340. The van der Waals surface area contributed by atoms with Crippen molar-refractivity contribution in [2.24, 2.45) is 0 Å². The largest absolute Gasteiger partial charge is 0.448 e. The Morgan fingerprint density at radius 3 is 2.90 bits per heavy atom. The molecule has 60 valence electrons. The van der Waals surface area contributed by atoms with Crippen LogP contribution in [-0.4, -0.2) is 30.9 Å². The minimum atomic E-state index is -0.435. The molecule has 0 aromatic carbocycles. The van der Waals surface area contributed by atoms with E-state index in [-0.39, 0.29) is 6.61 Å². The first-order valence-corrected chi connectivity index (χ1v) is 4.05. The lowest BCUT2D eigenvalue weighted by atomic mass is 10.7. The third-order valence-corrected chi connectivity index (χ3v) is 1.07. The van der Waals surface area contributed by atoms with Crippen LogP contribution in [0.3, 0.4) is 0 Å². The summed E-state index contributed by atoms with van der Waals surface area (Å²) in [5.74, 6) is 0.935. The summed E-state index contributed by atoms with van der Waals surface area (Å²) in [6, 6.07) is 0. The molecule has 0 aromatic rings. The maximum atomic E-state index is 10.5. The van der Waals surface area contributed by atoms with Crippen LogP contribution in [0.2, 0.25) is 0 Å². The Morgan fingerprint density at radius 1 is 1.70 bits per heavy atom. The van der Waals surface area contributed by atoms with Crippen LogP contribution in [0, 0.1) is 0 Å². The van der Waals surface area contributed by atoms with Gasteiger partial charge in [0.1, 0.15) is 6.61 Å². The number of ether oxygens (including phenoxy) is 1. The Morgan fingerprint density at radius 2 is 2.40 bits per heavy atom. The lowest BCUT2D eigenvalue weighted by Gasteiger charge is -2.02. The fraction of sp³-hybridized carbons (Fsp3) is 0.800. The highest BCUT2D eigenvalue weighted by molar-refractivity contribution is 7.80. The average molecular weight is 184 g/mol. The normalized spacial score (nSPS) is 9.00. The van der Waals surface area contributed by atoms with E-state index in [0.717, 1.165) is 0 Å². The molecule has 0 heterocycles. The number of nitrogens with one attached hydrogen (secondary N) is 1. The molecular formula is C5H10ClNO2S. The molecule has 10 heavy (non-hydrogen) atoms. The number of alkyl carbamates (subject to hydrolysis) is 1. The van der Waals surface area contributed by atoms with Gasteiger partial charge in [0.2, 0.25) is 0 Å². The van der Waals surface area contributed by atoms with Crippen molar-refractivity contribution < 1.29 is 9.53 Å². The first-order valence-electron chi connectivity index (χ1n) is 2.88. The van der Waals surface area contributed by atoms with Crippen LogP contribution < -0.4 is 5.32 Å². The van der Waals surface area contributed by atoms with Gasteiger partial charge in [-0.25, -0.2) is 4.79 Å². The summed E-state index contributed by atoms with van der Waals surface area (Å²) < 4.78 is 4.58. The van der Waals surface area contributed by atoms with Gasteiger partial charge in [-0.1, -0.05) is 0 Å². The first-order chi connectivity index (χ1) is 4.81. The number of carbonyl (C=O) groups is 1. The molecule has 0 atom stereocenters. The molecule has 0 aliphatic heterocycles. The summed E-state index contributed by atoms with van der Waals surface area (Å²) in [5.41, 5.74) is 0. The maximum absolute atomic E-state index is 10.5. The molecule has 0 unspecified atom stereocenters. The summed E-state index contributed by atoms with van der Waals surface area (Å²) in [5, 5.41) is 2.47. The van der Waals surface area contributed by atoms with Gasteiger partial charge in [0, 0.05) is 12.3 Å². The van der Waals surface area contributed by atoms with Gasteiger partial charge < -0.3 is 10.1 Å². The van der Waals surface area contributed by atoms with Gasteiger partial charge in [0.25, 0.3) is 0 Å². The van der Waals surface area contributed by atoms with Crippen molar-refractivity contribution in [3.8, 4) is 0 Å². The van der Waals surface area contributed by atoms with Gasteiger partial charge in [-0.2, -0.15) is 12.6 Å². The van der Waals surface area contributed by atoms with E-state index in [9.17, 15) is 4.79 Å². The van der Waals surface area contributed by atoms with Crippen LogP contribution >= 0.6 is 24.2 Å². The summed E-state index contributed by atoms with van der Waals surface area (Å²) >= 11 is 9.15. The molecule has 0 saturated carbocycles. The highest BCUT2D eigenvalue weighted by atomic mass is 35.5. The molecular weight excluding hydrogens is 174 g/mol. The third kappa shape index (κ3) is 6.04. The maximum Gasteiger partial charge on any atom is 0.407 e. The van der Waals surface area contributed by atoms with Gasteiger partial charge in [-0.3, -0.25) is 0 Å². The van der Waals surface area contributed by atoms with E-state index < -0.39 is 6.09 Å². The van der Waals surface area contributed by atoms with Gasteiger partial charge >= 0.3 is 6.09 Å². The van der Waals surface area contributed by atoms with E-state index in [1.807, 2.05) is 0 Å². The van der Waals surface area contributed by atoms with Gasteiger partial charge in [0.15, 0.2) is 0 Å². The lowest BCUT2D eigenvalue weighted by Crippen LogP contribution is -2.26. The second kappa shape index (κ2) is 7.02. The molecule has 0 aromatic heterocycles. The molecule has 0 radical (unpaired) electrons. The number of alkyl halides is 1. The van der Waals surface area contributed by atoms with Crippen LogP contribution in [0.5, 0.6) is 0 Å². The zero-order valence-corrected chi connectivity index (χ0v) is 7.12. The molecule has 5 heteroatoms. The van der Waals surface area contributed by atoms with Crippen LogP contribution in [0.4, 0.5) is 4.79 Å². The zero-order valence-electron chi connectivity index (χ0n) is 5.47. The number of rotatable bonds is 4. The van der Waals surface area contributed by atoms with E-state index in [2.05, 4.69) is 22.7 Å². The van der Waals surface area contributed by atoms with Crippen molar-refractivity contribution in [2.75, 3.05) is 24.8 Å². The summed E-state index contributed by atoms with van der Waals surface area (Å²) in [6.07, 6.45) is -0.435. The SMILES string of the molecule is O=C(NCCS)OCCCl. The summed E-state index contributed by atoms with van der Waals surface area (Å²) in [6.45, 7) is 0.768. The number of carbonyl (C=O) groups excluding carboxylic acids is 1.